The van der Waals surface area contributed by atoms with Crippen molar-refractivity contribution in [3.63, 3.8) is 0 Å². The van der Waals surface area contributed by atoms with E-state index in [1.54, 1.807) is 0 Å². The average molecular weight is 200 g/mol. The van der Waals surface area contributed by atoms with Crippen LogP contribution in [0.15, 0.2) is 0 Å². The number of rotatable bonds is 7. The Morgan fingerprint density at radius 1 is 1.36 bits per heavy atom. The lowest BCUT2D eigenvalue weighted by molar-refractivity contribution is 0.109. The lowest BCUT2D eigenvalue weighted by atomic mass is 10.2. The summed E-state index contributed by atoms with van der Waals surface area (Å²) in [4.78, 5) is 2.43. The van der Waals surface area contributed by atoms with Gasteiger partial charge in [0.25, 0.3) is 0 Å². The molecule has 14 heavy (non-hydrogen) atoms. The van der Waals surface area contributed by atoms with Crippen LogP contribution < -0.4 is 5.32 Å². The fraction of sp³-hybridized carbons (Fsp3) is 1.00. The molecule has 3 nitrogen and oxygen atoms in total. The molecule has 1 aliphatic heterocycles. The second-order valence-electron chi connectivity index (χ2n) is 3.87. The van der Waals surface area contributed by atoms with Gasteiger partial charge in [0.1, 0.15) is 0 Å². The summed E-state index contributed by atoms with van der Waals surface area (Å²) in [7, 11) is 0. The zero-order valence-corrected chi connectivity index (χ0v) is 9.59. The van der Waals surface area contributed by atoms with Crippen molar-refractivity contribution in [1.82, 2.24) is 10.2 Å². The Labute approximate surface area is 87.8 Å². The second kappa shape index (κ2) is 7.21. The first-order valence-electron chi connectivity index (χ1n) is 5.91. The topological polar surface area (TPSA) is 24.5 Å². The molecule has 0 aromatic heterocycles. The molecular weight excluding hydrogens is 176 g/mol. The number of nitrogens with one attached hydrogen (secondary N) is 1. The molecule has 0 spiro atoms. The van der Waals surface area contributed by atoms with Crippen molar-refractivity contribution in [2.45, 2.75) is 32.8 Å². The van der Waals surface area contributed by atoms with Crippen LogP contribution in [0, 0.1) is 0 Å². The summed E-state index contributed by atoms with van der Waals surface area (Å²) in [5.74, 6) is 0. The normalized spacial score (nSPS) is 22.1. The summed E-state index contributed by atoms with van der Waals surface area (Å²) in [6, 6.07) is 0. The van der Waals surface area contributed by atoms with Crippen LogP contribution in [0.25, 0.3) is 0 Å². The van der Waals surface area contributed by atoms with E-state index >= 15 is 0 Å². The maximum atomic E-state index is 5.54. The predicted molar refractivity (Wildman–Crippen MR) is 59.6 cm³/mol. The van der Waals surface area contributed by atoms with Gasteiger partial charge in [-0.1, -0.05) is 13.8 Å². The average Bonchev–Trinajstić information content (AvgIpc) is 2.71. The number of ether oxygens (including phenoxy) is 1. The maximum absolute atomic E-state index is 5.54. The molecule has 1 rings (SSSR count). The number of hydrogen-bond donors (Lipinski definition) is 1. The summed E-state index contributed by atoms with van der Waals surface area (Å²) in [6.45, 7) is 11.0. The maximum Gasteiger partial charge on any atom is 0.0700 e. The summed E-state index contributed by atoms with van der Waals surface area (Å²) in [5, 5.41) is 3.46. The minimum atomic E-state index is 0.478. The number of likely N-dealkylation sites (N-methyl/N-ethyl adjacent to an activating group) is 1. The van der Waals surface area contributed by atoms with E-state index in [9.17, 15) is 0 Å². The van der Waals surface area contributed by atoms with E-state index in [2.05, 4.69) is 24.1 Å². The molecule has 1 aliphatic rings. The van der Waals surface area contributed by atoms with Crippen LogP contribution in [0.2, 0.25) is 0 Å². The molecule has 0 aliphatic carbocycles. The van der Waals surface area contributed by atoms with E-state index < -0.39 is 0 Å². The SMILES string of the molecule is CCN(CC)CCNCC1CCCO1. The number of nitrogens with zero attached hydrogens (tertiary/aromatic N) is 1. The van der Waals surface area contributed by atoms with Crippen LogP contribution in [0.5, 0.6) is 0 Å². The highest BCUT2D eigenvalue weighted by molar-refractivity contribution is 4.67. The first kappa shape index (κ1) is 12.0. The largest absolute Gasteiger partial charge is 0.377 e. The van der Waals surface area contributed by atoms with Gasteiger partial charge in [-0.2, -0.15) is 0 Å². The summed E-state index contributed by atoms with van der Waals surface area (Å²) < 4.78 is 5.54. The van der Waals surface area contributed by atoms with Gasteiger partial charge >= 0.3 is 0 Å². The first-order valence-corrected chi connectivity index (χ1v) is 5.91. The van der Waals surface area contributed by atoms with Gasteiger partial charge in [-0.15, -0.1) is 0 Å². The van der Waals surface area contributed by atoms with Crippen molar-refractivity contribution >= 4 is 0 Å². The smallest absolute Gasteiger partial charge is 0.0700 e. The van der Waals surface area contributed by atoms with Gasteiger partial charge < -0.3 is 15.0 Å². The van der Waals surface area contributed by atoms with Crippen molar-refractivity contribution in [1.29, 1.82) is 0 Å². The van der Waals surface area contributed by atoms with Crippen LogP contribution in [0.4, 0.5) is 0 Å². The first-order chi connectivity index (χ1) is 6.86. The van der Waals surface area contributed by atoms with E-state index in [0.29, 0.717) is 6.10 Å². The van der Waals surface area contributed by atoms with Crippen molar-refractivity contribution in [2.75, 3.05) is 39.3 Å². The molecule has 84 valence electrons. The van der Waals surface area contributed by atoms with Crippen molar-refractivity contribution in [3.05, 3.63) is 0 Å². The van der Waals surface area contributed by atoms with Gasteiger partial charge in [-0.3, -0.25) is 0 Å². The van der Waals surface area contributed by atoms with Gasteiger partial charge in [-0.05, 0) is 25.9 Å². The van der Waals surface area contributed by atoms with E-state index in [0.717, 1.165) is 39.3 Å². The van der Waals surface area contributed by atoms with Crippen molar-refractivity contribution in [3.8, 4) is 0 Å². The molecule has 0 saturated carbocycles. The minimum Gasteiger partial charge on any atom is -0.377 e. The molecule has 1 fully saturated rings. The molecule has 1 atom stereocenters. The molecule has 0 amide bonds. The highest BCUT2D eigenvalue weighted by atomic mass is 16.5. The highest BCUT2D eigenvalue weighted by Gasteiger charge is 2.14. The Kier molecular flexibility index (Phi) is 6.15. The lowest BCUT2D eigenvalue weighted by Crippen LogP contribution is -2.35. The summed E-state index contributed by atoms with van der Waals surface area (Å²) in [5.41, 5.74) is 0. The molecule has 0 aromatic rings. The molecule has 1 unspecified atom stereocenters. The molecule has 3 heteroatoms. The quantitative estimate of drug-likeness (QED) is 0.623. The van der Waals surface area contributed by atoms with Gasteiger partial charge in [-0.25, -0.2) is 0 Å². The standard InChI is InChI=1S/C11H24N2O/c1-3-13(4-2)8-7-12-10-11-6-5-9-14-11/h11-12H,3-10H2,1-2H3. The van der Waals surface area contributed by atoms with Gasteiger partial charge in [0.2, 0.25) is 0 Å². The second-order valence-corrected chi connectivity index (χ2v) is 3.87. The van der Waals surface area contributed by atoms with Gasteiger partial charge in [0, 0.05) is 26.2 Å². The van der Waals surface area contributed by atoms with Gasteiger partial charge in [0.05, 0.1) is 6.10 Å². The van der Waals surface area contributed by atoms with Crippen LogP contribution in [-0.2, 0) is 4.74 Å². The third-order valence-electron chi connectivity index (χ3n) is 2.90. The van der Waals surface area contributed by atoms with E-state index in [4.69, 9.17) is 4.74 Å². The third kappa shape index (κ3) is 4.40. The fourth-order valence-electron chi connectivity index (χ4n) is 1.85. The molecule has 1 N–H and O–H groups in total. The zero-order valence-electron chi connectivity index (χ0n) is 9.59. The van der Waals surface area contributed by atoms with Crippen LogP contribution in [0.3, 0.4) is 0 Å². The van der Waals surface area contributed by atoms with Crippen LogP contribution in [-0.4, -0.2) is 50.3 Å². The molecular formula is C11H24N2O. The van der Waals surface area contributed by atoms with E-state index in [1.807, 2.05) is 0 Å². The van der Waals surface area contributed by atoms with Crippen LogP contribution >= 0.6 is 0 Å². The third-order valence-corrected chi connectivity index (χ3v) is 2.90. The van der Waals surface area contributed by atoms with E-state index in [1.165, 1.54) is 12.8 Å². The van der Waals surface area contributed by atoms with E-state index in [-0.39, 0.29) is 0 Å². The molecule has 0 bridgehead atoms. The Balaban J connectivity index is 1.92. The Morgan fingerprint density at radius 3 is 2.71 bits per heavy atom. The number of hydrogen-bond acceptors (Lipinski definition) is 3. The minimum absolute atomic E-state index is 0.478. The fourth-order valence-corrected chi connectivity index (χ4v) is 1.85. The molecule has 0 radical (unpaired) electrons. The molecule has 1 saturated heterocycles. The van der Waals surface area contributed by atoms with Crippen molar-refractivity contribution < 1.29 is 4.74 Å². The monoisotopic (exact) mass is 200 g/mol. The Morgan fingerprint density at radius 2 is 2.14 bits per heavy atom. The predicted octanol–water partition coefficient (Wildman–Crippen LogP) is 1.10. The summed E-state index contributed by atoms with van der Waals surface area (Å²) >= 11 is 0. The van der Waals surface area contributed by atoms with Crippen LogP contribution in [0.1, 0.15) is 26.7 Å². The lowest BCUT2D eigenvalue weighted by Gasteiger charge is -2.18. The zero-order chi connectivity index (χ0) is 10.2. The summed E-state index contributed by atoms with van der Waals surface area (Å²) in [6.07, 6.45) is 2.95. The van der Waals surface area contributed by atoms with Crippen molar-refractivity contribution in [2.24, 2.45) is 0 Å². The highest BCUT2D eigenvalue weighted by Crippen LogP contribution is 2.10. The molecule has 0 aromatic carbocycles. The molecule has 1 heterocycles. The Hall–Kier alpha value is -0.120. The van der Waals surface area contributed by atoms with Gasteiger partial charge in [0.15, 0.2) is 0 Å². The Bertz CT molecular complexity index is 127.